The fourth-order valence-electron chi connectivity index (χ4n) is 1.63. The summed E-state index contributed by atoms with van der Waals surface area (Å²) in [5.74, 6) is 0.977. The lowest BCUT2D eigenvalue weighted by Gasteiger charge is -2.04. The first-order valence-corrected chi connectivity index (χ1v) is 5.76. The van der Waals surface area contributed by atoms with E-state index >= 15 is 0 Å². The zero-order valence-corrected chi connectivity index (χ0v) is 10.6. The van der Waals surface area contributed by atoms with Gasteiger partial charge in [-0.3, -0.25) is 9.89 Å². The third-order valence-electron chi connectivity index (χ3n) is 2.41. The molecule has 6 nitrogen and oxygen atoms in total. The molecule has 0 aliphatic rings. The van der Waals surface area contributed by atoms with Crippen LogP contribution in [0.5, 0.6) is 0 Å². The van der Waals surface area contributed by atoms with Crippen molar-refractivity contribution >= 4 is 11.7 Å². The Hall–Kier alpha value is -2.24. The Labute approximate surface area is 105 Å². The molecule has 2 heterocycles. The lowest BCUT2D eigenvalue weighted by Crippen LogP contribution is -2.15. The molecule has 2 rings (SSSR count). The van der Waals surface area contributed by atoms with Crippen molar-refractivity contribution in [3.63, 3.8) is 0 Å². The fourth-order valence-corrected chi connectivity index (χ4v) is 1.63. The number of hydrogen-bond acceptors (Lipinski definition) is 4. The number of nitrogens with zero attached hydrogens (tertiary/aromatic N) is 3. The average Bonchev–Trinajstić information content (AvgIpc) is 2.75. The molecule has 0 saturated carbocycles. The first-order valence-electron chi connectivity index (χ1n) is 5.76. The summed E-state index contributed by atoms with van der Waals surface area (Å²) < 4.78 is 0. The van der Waals surface area contributed by atoms with Crippen molar-refractivity contribution in [2.45, 2.75) is 27.2 Å². The Morgan fingerprint density at radius 1 is 1.33 bits per heavy atom. The van der Waals surface area contributed by atoms with Gasteiger partial charge < -0.3 is 5.32 Å². The van der Waals surface area contributed by atoms with Gasteiger partial charge in [-0.2, -0.15) is 0 Å². The monoisotopic (exact) mass is 245 g/mol. The van der Waals surface area contributed by atoms with Gasteiger partial charge in [0, 0.05) is 12.1 Å². The predicted molar refractivity (Wildman–Crippen MR) is 67.4 cm³/mol. The number of aromatic amines is 1. The third-order valence-corrected chi connectivity index (χ3v) is 2.41. The van der Waals surface area contributed by atoms with E-state index in [4.69, 9.17) is 0 Å². The molecular weight excluding hydrogens is 230 g/mol. The van der Waals surface area contributed by atoms with Crippen LogP contribution in [-0.2, 0) is 6.42 Å². The van der Waals surface area contributed by atoms with Crippen molar-refractivity contribution in [2.24, 2.45) is 0 Å². The summed E-state index contributed by atoms with van der Waals surface area (Å²) >= 11 is 0. The summed E-state index contributed by atoms with van der Waals surface area (Å²) in [6.07, 6.45) is 0.710. The smallest absolute Gasteiger partial charge is 0.296 e. The minimum atomic E-state index is -0.358. The van der Waals surface area contributed by atoms with E-state index in [2.05, 4.69) is 25.5 Å². The van der Waals surface area contributed by atoms with Gasteiger partial charge in [0.1, 0.15) is 11.6 Å². The van der Waals surface area contributed by atoms with Crippen LogP contribution in [0.3, 0.4) is 0 Å². The van der Waals surface area contributed by atoms with Crippen molar-refractivity contribution in [3.8, 4) is 0 Å². The van der Waals surface area contributed by atoms with E-state index in [9.17, 15) is 4.79 Å². The van der Waals surface area contributed by atoms with Crippen LogP contribution in [0.25, 0.3) is 0 Å². The Balaban J connectivity index is 2.15. The maximum atomic E-state index is 11.9. The standard InChI is InChI=1S/C12H15N5O/c1-4-9-14-11(17-16-9)12(18)15-10-6-7(2)5-8(3)13-10/h5-6H,4H2,1-3H3,(H,13,15,18)(H,14,16,17). The molecule has 0 aliphatic heterocycles. The second kappa shape index (κ2) is 4.95. The molecule has 94 valence electrons. The predicted octanol–water partition coefficient (Wildman–Crippen LogP) is 1.63. The van der Waals surface area contributed by atoms with Crippen LogP contribution < -0.4 is 5.32 Å². The highest BCUT2D eigenvalue weighted by Crippen LogP contribution is 2.09. The highest BCUT2D eigenvalue weighted by atomic mass is 16.2. The molecular formula is C12H15N5O. The number of amides is 1. The SMILES string of the molecule is CCc1nc(C(=O)Nc2cc(C)cc(C)n2)n[nH]1. The molecule has 0 unspecified atom stereocenters. The number of anilines is 1. The van der Waals surface area contributed by atoms with E-state index in [0.29, 0.717) is 18.1 Å². The number of H-pyrrole nitrogens is 1. The number of aryl methyl sites for hydroxylation is 3. The van der Waals surface area contributed by atoms with Crippen molar-refractivity contribution in [2.75, 3.05) is 5.32 Å². The van der Waals surface area contributed by atoms with Crippen LogP contribution in [0.15, 0.2) is 12.1 Å². The van der Waals surface area contributed by atoms with Gasteiger partial charge in [0.2, 0.25) is 5.82 Å². The highest BCUT2D eigenvalue weighted by Gasteiger charge is 2.12. The number of carbonyl (C=O) groups is 1. The second-order valence-electron chi connectivity index (χ2n) is 4.08. The minimum Gasteiger partial charge on any atom is -0.304 e. The Bertz CT molecular complexity index is 555. The van der Waals surface area contributed by atoms with Crippen molar-refractivity contribution in [3.05, 3.63) is 35.0 Å². The van der Waals surface area contributed by atoms with E-state index in [-0.39, 0.29) is 11.7 Å². The van der Waals surface area contributed by atoms with Gasteiger partial charge in [0.15, 0.2) is 0 Å². The van der Waals surface area contributed by atoms with Gasteiger partial charge in [-0.25, -0.2) is 9.97 Å². The van der Waals surface area contributed by atoms with Crippen LogP contribution in [0.1, 0.15) is 34.6 Å². The average molecular weight is 245 g/mol. The molecule has 0 aliphatic carbocycles. The molecule has 0 saturated heterocycles. The third kappa shape index (κ3) is 2.71. The molecule has 2 N–H and O–H groups in total. The van der Waals surface area contributed by atoms with Crippen LogP contribution in [0.4, 0.5) is 5.82 Å². The van der Waals surface area contributed by atoms with E-state index in [1.807, 2.05) is 26.8 Å². The number of rotatable bonds is 3. The van der Waals surface area contributed by atoms with E-state index in [0.717, 1.165) is 11.3 Å². The molecule has 2 aromatic rings. The van der Waals surface area contributed by atoms with Gasteiger partial charge in [-0.15, -0.1) is 5.10 Å². The zero-order chi connectivity index (χ0) is 13.1. The molecule has 0 spiro atoms. The summed E-state index contributed by atoms with van der Waals surface area (Å²) in [5.41, 5.74) is 1.90. The van der Waals surface area contributed by atoms with Crippen LogP contribution in [-0.4, -0.2) is 26.1 Å². The van der Waals surface area contributed by atoms with Gasteiger partial charge in [0.25, 0.3) is 5.91 Å². The quantitative estimate of drug-likeness (QED) is 0.860. The lowest BCUT2D eigenvalue weighted by molar-refractivity contribution is 0.101. The number of hydrogen-bond donors (Lipinski definition) is 2. The van der Waals surface area contributed by atoms with Crippen LogP contribution in [0, 0.1) is 13.8 Å². The molecule has 2 aromatic heterocycles. The summed E-state index contributed by atoms with van der Waals surface area (Å²) in [4.78, 5) is 20.2. The number of nitrogens with one attached hydrogen (secondary N) is 2. The van der Waals surface area contributed by atoms with Gasteiger partial charge in [-0.1, -0.05) is 6.92 Å². The second-order valence-corrected chi connectivity index (χ2v) is 4.08. The van der Waals surface area contributed by atoms with Crippen molar-refractivity contribution in [1.82, 2.24) is 20.2 Å². The van der Waals surface area contributed by atoms with Gasteiger partial charge >= 0.3 is 0 Å². The number of pyridine rings is 1. The summed E-state index contributed by atoms with van der Waals surface area (Å²) in [7, 11) is 0. The summed E-state index contributed by atoms with van der Waals surface area (Å²) in [5, 5.41) is 9.24. The maximum Gasteiger partial charge on any atom is 0.296 e. The van der Waals surface area contributed by atoms with Crippen molar-refractivity contribution < 1.29 is 4.79 Å². The van der Waals surface area contributed by atoms with Gasteiger partial charge in [-0.05, 0) is 31.5 Å². The topological polar surface area (TPSA) is 83.6 Å². The molecule has 6 heteroatoms. The summed E-state index contributed by atoms with van der Waals surface area (Å²) in [6.45, 7) is 5.77. The van der Waals surface area contributed by atoms with Gasteiger partial charge in [0.05, 0.1) is 0 Å². The molecule has 0 bridgehead atoms. The molecule has 0 fully saturated rings. The largest absolute Gasteiger partial charge is 0.304 e. The number of aromatic nitrogens is 4. The van der Waals surface area contributed by atoms with Crippen LogP contribution in [0.2, 0.25) is 0 Å². The molecule has 0 radical (unpaired) electrons. The van der Waals surface area contributed by atoms with Crippen molar-refractivity contribution in [1.29, 1.82) is 0 Å². The molecule has 1 amide bonds. The molecule has 0 atom stereocenters. The number of carbonyl (C=O) groups excluding carboxylic acids is 1. The Morgan fingerprint density at radius 3 is 2.72 bits per heavy atom. The molecule has 18 heavy (non-hydrogen) atoms. The fraction of sp³-hybridized carbons (Fsp3) is 0.333. The van der Waals surface area contributed by atoms with Crippen LogP contribution >= 0.6 is 0 Å². The maximum absolute atomic E-state index is 11.9. The van der Waals surface area contributed by atoms with E-state index < -0.39 is 0 Å². The minimum absolute atomic E-state index is 0.132. The van der Waals surface area contributed by atoms with E-state index in [1.165, 1.54) is 0 Å². The highest BCUT2D eigenvalue weighted by molar-refractivity contribution is 6.00. The Kier molecular flexibility index (Phi) is 3.36. The first kappa shape index (κ1) is 12.2. The summed E-state index contributed by atoms with van der Waals surface area (Å²) in [6, 6.07) is 3.75. The molecule has 0 aromatic carbocycles. The normalized spacial score (nSPS) is 10.4. The zero-order valence-electron chi connectivity index (χ0n) is 10.6. The Morgan fingerprint density at radius 2 is 2.11 bits per heavy atom. The lowest BCUT2D eigenvalue weighted by atomic mass is 10.2. The first-order chi connectivity index (χ1) is 8.58. The van der Waals surface area contributed by atoms with E-state index in [1.54, 1.807) is 6.07 Å².